The number of rotatable bonds is 5. The number of halogens is 2. The predicted molar refractivity (Wildman–Crippen MR) is 94.1 cm³/mol. The summed E-state index contributed by atoms with van der Waals surface area (Å²) in [5.41, 5.74) is 2.22. The molecule has 4 nitrogen and oxygen atoms in total. The third kappa shape index (κ3) is 4.06. The Hall–Kier alpha value is -2.66. The minimum absolute atomic E-state index is 0.299. The van der Waals surface area contributed by atoms with E-state index in [-0.39, 0.29) is 5.91 Å². The predicted octanol–water partition coefficient (Wildman–Crippen LogP) is 4.42. The molecule has 1 heterocycles. The molecule has 25 heavy (non-hydrogen) atoms. The Bertz CT molecular complexity index is 891. The molecule has 0 radical (unpaired) electrons. The highest BCUT2D eigenvalue weighted by Crippen LogP contribution is 2.25. The molecule has 0 unspecified atom stereocenters. The van der Waals surface area contributed by atoms with Crippen molar-refractivity contribution in [2.24, 2.45) is 0 Å². The first-order valence-electron chi connectivity index (χ1n) is 7.79. The van der Waals surface area contributed by atoms with E-state index in [1.807, 2.05) is 24.3 Å². The van der Waals surface area contributed by atoms with Gasteiger partial charge in [-0.25, -0.2) is 4.39 Å². The van der Waals surface area contributed by atoms with E-state index in [9.17, 15) is 9.18 Å². The van der Waals surface area contributed by atoms with Gasteiger partial charge in [0.15, 0.2) is 0 Å². The summed E-state index contributed by atoms with van der Waals surface area (Å²) in [6.07, 6.45) is 0.669. The summed E-state index contributed by atoms with van der Waals surface area (Å²) in [6, 6.07) is 13.4. The van der Waals surface area contributed by atoms with Crippen LogP contribution in [0.25, 0.3) is 11.3 Å². The molecule has 0 atom stereocenters. The fourth-order valence-electron chi connectivity index (χ4n) is 2.53. The van der Waals surface area contributed by atoms with Crippen molar-refractivity contribution < 1.29 is 13.7 Å². The maximum Gasteiger partial charge on any atom is 0.257 e. The van der Waals surface area contributed by atoms with Crippen LogP contribution in [0.15, 0.2) is 53.1 Å². The van der Waals surface area contributed by atoms with Gasteiger partial charge in [-0.1, -0.05) is 41.0 Å². The molecule has 6 heteroatoms. The highest BCUT2D eigenvalue weighted by molar-refractivity contribution is 6.30. The third-order valence-electron chi connectivity index (χ3n) is 3.80. The van der Waals surface area contributed by atoms with Crippen LogP contribution >= 0.6 is 11.6 Å². The van der Waals surface area contributed by atoms with E-state index in [0.717, 1.165) is 5.56 Å². The molecule has 0 aliphatic carbocycles. The van der Waals surface area contributed by atoms with Crippen molar-refractivity contribution in [3.05, 3.63) is 76.3 Å². The molecular formula is C19H16ClFN2O2. The average molecular weight is 359 g/mol. The summed E-state index contributed by atoms with van der Waals surface area (Å²) in [7, 11) is 0. The van der Waals surface area contributed by atoms with E-state index < -0.39 is 5.82 Å². The van der Waals surface area contributed by atoms with Crippen molar-refractivity contribution in [1.29, 1.82) is 0 Å². The topological polar surface area (TPSA) is 55.1 Å². The maximum atomic E-state index is 13.4. The smallest absolute Gasteiger partial charge is 0.257 e. The molecule has 0 spiro atoms. The van der Waals surface area contributed by atoms with Crippen LogP contribution in [0.1, 0.15) is 21.7 Å². The molecule has 128 valence electrons. The molecule has 3 aromatic rings. The van der Waals surface area contributed by atoms with Gasteiger partial charge in [0.2, 0.25) is 0 Å². The summed E-state index contributed by atoms with van der Waals surface area (Å²) in [4.78, 5) is 12.5. The molecule has 0 saturated heterocycles. The lowest BCUT2D eigenvalue weighted by molar-refractivity contribution is 0.0953. The van der Waals surface area contributed by atoms with Gasteiger partial charge in [-0.3, -0.25) is 4.79 Å². The van der Waals surface area contributed by atoms with Gasteiger partial charge >= 0.3 is 0 Å². The number of nitrogens with one attached hydrogen (secondary N) is 1. The number of carbonyl (C=O) groups excluding carboxylic acids is 1. The van der Waals surface area contributed by atoms with Crippen LogP contribution in [0.2, 0.25) is 5.02 Å². The van der Waals surface area contributed by atoms with Gasteiger partial charge in [-0.2, -0.15) is 0 Å². The van der Waals surface area contributed by atoms with Gasteiger partial charge in [-0.05, 0) is 43.2 Å². The van der Waals surface area contributed by atoms with Crippen LogP contribution < -0.4 is 5.32 Å². The molecule has 1 amide bonds. The number of hydrogen-bond acceptors (Lipinski definition) is 3. The first-order valence-corrected chi connectivity index (χ1v) is 8.17. The number of carbonyl (C=O) groups is 1. The monoisotopic (exact) mass is 358 g/mol. The Morgan fingerprint density at radius 3 is 2.72 bits per heavy atom. The molecule has 2 aromatic carbocycles. The van der Waals surface area contributed by atoms with Crippen LogP contribution in [0, 0.1) is 12.7 Å². The van der Waals surface area contributed by atoms with Gasteiger partial charge < -0.3 is 9.84 Å². The van der Waals surface area contributed by atoms with Crippen LogP contribution in [-0.2, 0) is 6.42 Å². The molecule has 3 rings (SSSR count). The standard InChI is InChI=1S/C19H16ClFN2O2/c1-12-17(18(23-25-12)14-3-2-4-16(21)11-14)19(24)22-10-9-13-5-7-15(20)8-6-13/h2-8,11H,9-10H2,1H3,(H,22,24). The second-order valence-electron chi connectivity index (χ2n) is 5.61. The molecule has 1 N–H and O–H groups in total. The summed E-state index contributed by atoms with van der Waals surface area (Å²) in [5.74, 6) is -0.303. The van der Waals surface area contributed by atoms with Gasteiger partial charge in [0.1, 0.15) is 22.8 Å². The van der Waals surface area contributed by atoms with E-state index >= 15 is 0 Å². The first kappa shape index (κ1) is 17.2. The van der Waals surface area contributed by atoms with Crippen LogP contribution in [-0.4, -0.2) is 17.6 Å². The van der Waals surface area contributed by atoms with E-state index in [1.165, 1.54) is 12.1 Å². The normalized spacial score (nSPS) is 10.7. The van der Waals surface area contributed by atoms with Crippen LogP contribution in [0.3, 0.4) is 0 Å². The number of nitrogens with zero attached hydrogens (tertiary/aromatic N) is 1. The number of amides is 1. The highest BCUT2D eigenvalue weighted by Gasteiger charge is 2.21. The molecular weight excluding hydrogens is 343 g/mol. The molecule has 0 fully saturated rings. The lowest BCUT2D eigenvalue weighted by Gasteiger charge is -2.06. The van der Waals surface area contributed by atoms with Gasteiger partial charge in [-0.15, -0.1) is 0 Å². The van der Waals surface area contributed by atoms with Crippen LogP contribution in [0.4, 0.5) is 4.39 Å². The summed E-state index contributed by atoms with van der Waals surface area (Å²) >= 11 is 5.85. The SMILES string of the molecule is Cc1onc(-c2cccc(F)c2)c1C(=O)NCCc1ccc(Cl)cc1. The van der Waals surface area contributed by atoms with Crippen molar-refractivity contribution in [3.8, 4) is 11.3 Å². The first-order chi connectivity index (χ1) is 12.0. The average Bonchev–Trinajstić information content (AvgIpc) is 2.98. The Balaban J connectivity index is 1.72. The zero-order chi connectivity index (χ0) is 17.8. The third-order valence-corrected chi connectivity index (χ3v) is 4.05. The summed E-state index contributed by atoms with van der Waals surface area (Å²) in [5, 5.41) is 7.43. The second-order valence-corrected chi connectivity index (χ2v) is 6.04. The summed E-state index contributed by atoms with van der Waals surface area (Å²) in [6.45, 7) is 2.11. The Labute approximate surface area is 149 Å². The molecule has 0 aliphatic rings. The minimum atomic E-state index is -0.396. The van der Waals surface area contributed by atoms with Crippen molar-refractivity contribution in [2.75, 3.05) is 6.54 Å². The van der Waals surface area contributed by atoms with E-state index in [0.29, 0.717) is 40.6 Å². The molecule has 0 aliphatic heterocycles. The molecule has 0 bridgehead atoms. The second kappa shape index (κ2) is 7.49. The minimum Gasteiger partial charge on any atom is -0.360 e. The summed E-state index contributed by atoms with van der Waals surface area (Å²) < 4.78 is 18.6. The number of aryl methyl sites for hydroxylation is 1. The lowest BCUT2D eigenvalue weighted by Crippen LogP contribution is -2.26. The van der Waals surface area contributed by atoms with E-state index in [4.69, 9.17) is 16.1 Å². The zero-order valence-electron chi connectivity index (χ0n) is 13.6. The van der Waals surface area contributed by atoms with Gasteiger partial charge in [0.05, 0.1) is 0 Å². The largest absolute Gasteiger partial charge is 0.360 e. The van der Waals surface area contributed by atoms with Gasteiger partial charge in [0, 0.05) is 17.1 Å². The maximum absolute atomic E-state index is 13.4. The fourth-order valence-corrected chi connectivity index (χ4v) is 2.66. The van der Waals surface area contributed by atoms with Crippen LogP contribution in [0.5, 0.6) is 0 Å². The Kier molecular flexibility index (Phi) is 5.14. The molecule has 0 saturated carbocycles. The van der Waals surface area contributed by atoms with Crippen molar-refractivity contribution in [2.45, 2.75) is 13.3 Å². The number of hydrogen-bond donors (Lipinski definition) is 1. The fraction of sp³-hybridized carbons (Fsp3) is 0.158. The Morgan fingerprint density at radius 1 is 1.24 bits per heavy atom. The zero-order valence-corrected chi connectivity index (χ0v) is 14.3. The van der Waals surface area contributed by atoms with Crippen molar-refractivity contribution in [1.82, 2.24) is 10.5 Å². The number of aromatic nitrogens is 1. The molecule has 1 aromatic heterocycles. The lowest BCUT2D eigenvalue weighted by atomic mass is 10.1. The van der Waals surface area contributed by atoms with Crippen molar-refractivity contribution in [3.63, 3.8) is 0 Å². The van der Waals surface area contributed by atoms with E-state index in [2.05, 4.69) is 10.5 Å². The van der Waals surface area contributed by atoms with Gasteiger partial charge in [0.25, 0.3) is 5.91 Å². The highest BCUT2D eigenvalue weighted by atomic mass is 35.5. The quantitative estimate of drug-likeness (QED) is 0.734. The number of benzene rings is 2. The van der Waals surface area contributed by atoms with Crippen molar-refractivity contribution >= 4 is 17.5 Å². The van der Waals surface area contributed by atoms with E-state index in [1.54, 1.807) is 19.1 Å². The Morgan fingerprint density at radius 2 is 2.00 bits per heavy atom.